The number of carbonyl (C=O) groups excluding carboxylic acids is 2. The van der Waals surface area contributed by atoms with Gasteiger partial charge >= 0.3 is 0 Å². The zero-order valence-corrected chi connectivity index (χ0v) is 14.1. The van der Waals surface area contributed by atoms with Crippen LogP contribution in [0.4, 0.5) is 5.69 Å². The lowest BCUT2D eigenvalue weighted by Gasteiger charge is -2.09. The summed E-state index contributed by atoms with van der Waals surface area (Å²) in [7, 11) is 0. The van der Waals surface area contributed by atoms with Crippen LogP contribution in [0.2, 0.25) is 0 Å². The van der Waals surface area contributed by atoms with Crippen molar-refractivity contribution in [2.75, 3.05) is 5.32 Å². The normalized spacial score (nSPS) is 10.8. The summed E-state index contributed by atoms with van der Waals surface area (Å²) in [5.41, 5.74) is 2.05. The first-order valence-electron chi connectivity index (χ1n) is 7.81. The standard InChI is InChI=1S/C20H21NO3/c1-14(2)24-19-10-7-16(8-11-19)9-12-20(23)17-5-4-6-18(13-17)21-15(3)22/h4-14H,1-3H3,(H,21,22)/b12-9+. The van der Waals surface area contributed by atoms with Crippen LogP contribution >= 0.6 is 0 Å². The quantitative estimate of drug-likeness (QED) is 0.636. The Bertz CT molecular complexity index is 746. The molecule has 0 saturated heterocycles. The van der Waals surface area contributed by atoms with Crippen molar-refractivity contribution in [1.82, 2.24) is 0 Å². The number of rotatable bonds is 6. The molecule has 0 aromatic heterocycles. The Morgan fingerprint density at radius 3 is 2.42 bits per heavy atom. The lowest BCUT2D eigenvalue weighted by molar-refractivity contribution is -0.114. The average Bonchev–Trinajstić information content (AvgIpc) is 2.53. The van der Waals surface area contributed by atoms with Gasteiger partial charge in [-0.2, -0.15) is 0 Å². The summed E-state index contributed by atoms with van der Waals surface area (Å²) < 4.78 is 5.58. The van der Waals surface area contributed by atoms with Gasteiger partial charge in [0.1, 0.15) is 5.75 Å². The van der Waals surface area contributed by atoms with E-state index < -0.39 is 0 Å². The molecule has 4 nitrogen and oxygen atoms in total. The summed E-state index contributed by atoms with van der Waals surface area (Å²) in [4.78, 5) is 23.3. The molecule has 0 aliphatic rings. The van der Waals surface area contributed by atoms with Gasteiger partial charge in [0.15, 0.2) is 5.78 Å². The van der Waals surface area contributed by atoms with E-state index in [0.29, 0.717) is 11.3 Å². The van der Waals surface area contributed by atoms with E-state index >= 15 is 0 Å². The maximum Gasteiger partial charge on any atom is 0.221 e. The number of nitrogens with one attached hydrogen (secondary N) is 1. The molecule has 0 spiro atoms. The van der Waals surface area contributed by atoms with Crippen molar-refractivity contribution in [2.45, 2.75) is 26.9 Å². The molecule has 2 aromatic rings. The summed E-state index contributed by atoms with van der Waals surface area (Å²) in [6.45, 7) is 5.38. The first-order valence-corrected chi connectivity index (χ1v) is 7.81. The number of ether oxygens (including phenoxy) is 1. The van der Waals surface area contributed by atoms with E-state index in [9.17, 15) is 9.59 Å². The topological polar surface area (TPSA) is 55.4 Å². The van der Waals surface area contributed by atoms with Gasteiger partial charge in [-0.3, -0.25) is 9.59 Å². The summed E-state index contributed by atoms with van der Waals surface area (Å²) >= 11 is 0. The SMILES string of the molecule is CC(=O)Nc1cccc(C(=O)/C=C/c2ccc(OC(C)C)cc2)c1. The second-order valence-electron chi connectivity index (χ2n) is 5.70. The second-order valence-corrected chi connectivity index (χ2v) is 5.70. The van der Waals surface area contributed by atoms with Gasteiger partial charge in [0, 0.05) is 18.2 Å². The number of hydrogen-bond acceptors (Lipinski definition) is 3. The molecule has 0 saturated carbocycles. The van der Waals surface area contributed by atoms with Crippen LogP contribution in [-0.4, -0.2) is 17.8 Å². The zero-order chi connectivity index (χ0) is 17.5. The van der Waals surface area contributed by atoms with Crippen molar-refractivity contribution < 1.29 is 14.3 Å². The molecule has 2 aromatic carbocycles. The van der Waals surface area contributed by atoms with E-state index in [-0.39, 0.29) is 17.8 Å². The van der Waals surface area contributed by atoms with Crippen molar-refractivity contribution in [3.8, 4) is 5.75 Å². The number of carbonyl (C=O) groups is 2. The Balaban J connectivity index is 2.06. The van der Waals surface area contributed by atoms with E-state index in [4.69, 9.17) is 4.74 Å². The maximum atomic E-state index is 12.2. The molecular weight excluding hydrogens is 302 g/mol. The fourth-order valence-corrected chi connectivity index (χ4v) is 2.15. The highest BCUT2D eigenvalue weighted by molar-refractivity contribution is 6.07. The largest absolute Gasteiger partial charge is 0.491 e. The van der Waals surface area contributed by atoms with Gasteiger partial charge in [-0.1, -0.05) is 30.3 Å². The molecule has 1 amide bonds. The molecule has 0 aliphatic heterocycles. The van der Waals surface area contributed by atoms with Crippen LogP contribution in [0, 0.1) is 0 Å². The van der Waals surface area contributed by atoms with Crippen LogP contribution < -0.4 is 10.1 Å². The lowest BCUT2D eigenvalue weighted by atomic mass is 10.1. The zero-order valence-electron chi connectivity index (χ0n) is 14.1. The maximum absolute atomic E-state index is 12.2. The highest BCUT2D eigenvalue weighted by Crippen LogP contribution is 2.16. The molecule has 4 heteroatoms. The van der Waals surface area contributed by atoms with Gasteiger partial charge in [-0.15, -0.1) is 0 Å². The van der Waals surface area contributed by atoms with E-state index in [1.54, 1.807) is 30.3 Å². The Labute approximate surface area is 142 Å². The summed E-state index contributed by atoms with van der Waals surface area (Å²) in [5, 5.41) is 2.67. The molecular formula is C20H21NO3. The van der Waals surface area contributed by atoms with Gasteiger partial charge in [-0.25, -0.2) is 0 Å². The van der Waals surface area contributed by atoms with E-state index in [0.717, 1.165) is 11.3 Å². The number of amides is 1. The molecule has 0 heterocycles. The van der Waals surface area contributed by atoms with Gasteiger partial charge in [0.05, 0.1) is 6.10 Å². The van der Waals surface area contributed by atoms with Crippen LogP contribution in [0.5, 0.6) is 5.75 Å². The fourth-order valence-electron chi connectivity index (χ4n) is 2.15. The third-order valence-corrected chi connectivity index (χ3v) is 3.15. The minimum Gasteiger partial charge on any atom is -0.491 e. The lowest BCUT2D eigenvalue weighted by Crippen LogP contribution is -2.06. The smallest absolute Gasteiger partial charge is 0.221 e. The van der Waals surface area contributed by atoms with Gasteiger partial charge in [-0.05, 0) is 49.8 Å². The number of hydrogen-bond donors (Lipinski definition) is 1. The molecule has 0 aliphatic carbocycles. The second kappa shape index (κ2) is 8.11. The van der Waals surface area contributed by atoms with Gasteiger partial charge in [0.25, 0.3) is 0 Å². The summed E-state index contributed by atoms with van der Waals surface area (Å²) in [6.07, 6.45) is 3.40. The van der Waals surface area contributed by atoms with Crippen LogP contribution in [0.3, 0.4) is 0 Å². The predicted octanol–water partition coefficient (Wildman–Crippen LogP) is 4.33. The highest BCUT2D eigenvalue weighted by atomic mass is 16.5. The Kier molecular flexibility index (Phi) is 5.90. The van der Waals surface area contributed by atoms with Crippen LogP contribution in [0.15, 0.2) is 54.6 Å². The highest BCUT2D eigenvalue weighted by Gasteiger charge is 2.04. The molecule has 0 unspecified atom stereocenters. The van der Waals surface area contributed by atoms with E-state index in [2.05, 4.69) is 5.32 Å². The number of ketones is 1. The Morgan fingerprint density at radius 1 is 1.08 bits per heavy atom. The number of anilines is 1. The molecule has 0 bridgehead atoms. The predicted molar refractivity (Wildman–Crippen MR) is 96.3 cm³/mol. The molecule has 24 heavy (non-hydrogen) atoms. The minimum atomic E-state index is -0.168. The fraction of sp³-hybridized carbons (Fsp3) is 0.200. The molecule has 0 fully saturated rings. The monoisotopic (exact) mass is 323 g/mol. The molecule has 0 radical (unpaired) electrons. The van der Waals surface area contributed by atoms with E-state index in [1.807, 2.05) is 38.1 Å². The molecule has 2 rings (SSSR count). The minimum absolute atomic E-state index is 0.121. The van der Waals surface area contributed by atoms with Crippen molar-refractivity contribution in [1.29, 1.82) is 0 Å². The van der Waals surface area contributed by atoms with Crippen molar-refractivity contribution >= 4 is 23.5 Å². The van der Waals surface area contributed by atoms with Gasteiger partial charge < -0.3 is 10.1 Å². The number of allylic oxidation sites excluding steroid dienone is 1. The third kappa shape index (κ3) is 5.39. The van der Waals surface area contributed by atoms with Crippen molar-refractivity contribution in [2.24, 2.45) is 0 Å². The first-order chi connectivity index (χ1) is 11.4. The molecule has 124 valence electrons. The number of benzene rings is 2. The molecule has 1 N–H and O–H groups in total. The molecule has 0 atom stereocenters. The van der Waals surface area contributed by atoms with Crippen molar-refractivity contribution in [3.05, 3.63) is 65.7 Å². The van der Waals surface area contributed by atoms with Crippen LogP contribution in [0.1, 0.15) is 36.7 Å². The first kappa shape index (κ1) is 17.5. The van der Waals surface area contributed by atoms with Crippen LogP contribution in [-0.2, 0) is 4.79 Å². The Morgan fingerprint density at radius 2 is 1.79 bits per heavy atom. The van der Waals surface area contributed by atoms with Crippen LogP contribution in [0.25, 0.3) is 6.08 Å². The Hall–Kier alpha value is -2.88. The summed E-state index contributed by atoms with van der Waals surface area (Å²) in [5.74, 6) is 0.514. The average molecular weight is 323 g/mol. The van der Waals surface area contributed by atoms with Crippen molar-refractivity contribution in [3.63, 3.8) is 0 Å². The van der Waals surface area contributed by atoms with Gasteiger partial charge in [0.2, 0.25) is 5.91 Å². The van der Waals surface area contributed by atoms with E-state index in [1.165, 1.54) is 13.0 Å². The summed E-state index contributed by atoms with van der Waals surface area (Å²) in [6, 6.07) is 14.4. The third-order valence-electron chi connectivity index (χ3n) is 3.15.